The minimum Gasteiger partial charge on any atom is -0.452 e. The Hall–Kier alpha value is -2.62. The van der Waals surface area contributed by atoms with Crippen LogP contribution in [0, 0.1) is 0 Å². The van der Waals surface area contributed by atoms with Gasteiger partial charge < -0.3 is 10.1 Å². The fourth-order valence-corrected chi connectivity index (χ4v) is 2.66. The minimum absolute atomic E-state index is 0.122. The van der Waals surface area contributed by atoms with Crippen LogP contribution in [0.5, 0.6) is 0 Å². The molecule has 1 N–H and O–H groups in total. The molecule has 0 aliphatic heterocycles. The molecule has 2 aromatic carbocycles. The monoisotopic (exact) mass is 339 g/mol. The quantitative estimate of drug-likeness (QED) is 0.746. The van der Waals surface area contributed by atoms with Crippen molar-refractivity contribution in [1.29, 1.82) is 0 Å². The Morgan fingerprint density at radius 1 is 0.960 bits per heavy atom. The number of esters is 1. The van der Waals surface area contributed by atoms with Crippen LogP contribution in [-0.2, 0) is 16.0 Å². The van der Waals surface area contributed by atoms with E-state index in [-0.39, 0.29) is 18.6 Å². The average Bonchev–Trinajstić information content (AvgIpc) is 2.65. The molecular weight excluding hydrogens is 314 g/mol. The van der Waals surface area contributed by atoms with Crippen molar-refractivity contribution in [1.82, 2.24) is 5.32 Å². The summed E-state index contributed by atoms with van der Waals surface area (Å²) in [5.41, 5.74) is 2.51. The van der Waals surface area contributed by atoms with Crippen LogP contribution >= 0.6 is 0 Å². The number of ether oxygens (including phenoxy) is 1. The number of carbonyl (C=O) groups excluding carboxylic acids is 2. The van der Waals surface area contributed by atoms with Gasteiger partial charge in [0.2, 0.25) is 0 Å². The summed E-state index contributed by atoms with van der Waals surface area (Å²) in [4.78, 5) is 24.3. The second kappa shape index (κ2) is 9.62. The molecule has 4 heteroatoms. The number of hydrogen-bond acceptors (Lipinski definition) is 3. The number of carbonyl (C=O) groups is 2. The molecule has 0 atom stereocenters. The zero-order chi connectivity index (χ0) is 18.1. The molecule has 0 heterocycles. The van der Waals surface area contributed by atoms with Crippen molar-refractivity contribution in [3.63, 3.8) is 0 Å². The van der Waals surface area contributed by atoms with Gasteiger partial charge in [-0.15, -0.1) is 0 Å². The van der Waals surface area contributed by atoms with E-state index in [1.54, 1.807) is 12.1 Å². The van der Waals surface area contributed by atoms with Crippen LogP contribution in [0.2, 0.25) is 0 Å². The summed E-state index contributed by atoms with van der Waals surface area (Å²) in [5, 5.41) is 2.86. The highest BCUT2D eigenvalue weighted by Crippen LogP contribution is 2.15. The number of amides is 1. The molecular formula is C21H25NO3. The Labute approximate surface area is 149 Å². The number of nitrogens with one attached hydrogen (secondary N) is 1. The standard InChI is InChI=1S/C21H25NO3/c1-3-18(4-2)22-20(23)15-25-21(24)19-13-9-8-12-17(19)14-16-10-6-5-7-11-16/h5-13,18H,3-4,14-15H2,1-2H3,(H,22,23). The van der Waals surface area contributed by atoms with Crippen LogP contribution < -0.4 is 5.32 Å². The lowest BCUT2D eigenvalue weighted by Crippen LogP contribution is -2.36. The highest BCUT2D eigenvalue weighted by atomic mass is 16.5. The van der Waals surface area contributed by atoms with Gasteiger partial charge in [0.05, 0.1) is 5.56 Å². The molecule has 0 aromatic heterocycles. The summed E-state index contributed by atoms with van der Waals surface area (Å²) in [6, 6.07) is 17.4. The number of benzene rings is 2. The zero-order valence-corrected chi connectivity index (χ0v) is 14.8. The summed E-state index contributed by atoms with van der Waals surface area (Å²) in [6.07, 6.45) is 2.36. The molecule has 4 nitrogen and oxygen atoms in total. The van der Waals surface area contributed by atoms with E-state index in [1.807, 2.05) is 56.3 Å². The zero-order valence-electron chi connectivity index (χ0n) is 14.8. The van der Waals surface area contributed by atoms with E-state index >= 15 is 0 Å². The first kappa shape index (κ1) is 18.7. The first-order valence-corrected chi connectivity index (χ1v) is 8.72. The van der Waals surface area contributed by atoms with Gasteiger partial charge in [-0.2, -0.15) is 0 Å². The molecule has 2 rings (SSSR count). The van der Waals surface area contributed by atoms with Gasteiger partial charge in [0, 0.05) is 6.04 Å². The van der Waals surface area contributed by atoms with Gasteiger partial charge in [0.1, 0.15) is 0 Å². The van der Waals surface area contributed by atoms with Crippen LogP contribution in [-0.4, -0.2) is 24.5 Å². The van der Waals surface area contributed by atoms with Crippen molar-refractivity contribution < 1.29 is 14.3 Å². The molecule has 0 saturated heterocycles. The lowest BCUT2D eigenvalue weighted by atomic mass is 10.00. The molecule has 0 fully saturated rings. The van der Waals surface area contributed by atoms with Crippen LogP contribution in [0.25, 0.3) is 0 Å². The molecule has 25 heavy (non-hydrogen) atoms. The Bertz CT molecular complexity index is 693. The maximum absolute atomic E-state index is 12.4. The van der Waals surface area contributed by atoms with Crippen molar-refractivity contribution in [2.75, 3.05) is 6.61 Å². The van der Waals surface area contributed by atoms with E-state index in [9.17, 15) is 9.59 Å². The maximum Gasteiger partial charge on any atom is 0.338 e. The third-order valence-corrected chi connectivity index (χ3v) is 4.16. The van der Waals surface area contributed by atoms with Crippen LogP contribution in [0.3, 0.4) is 0 Å². The maximum atomic E-state index is 12.4. The summed E-state index contributed by atoms with van der Waals surface area (Å²) in [5.74, 6) is -0.728. The Morgan fingerprint density at radius 3 is 2.28 bits per heavy atom. The SMILES string of the molecule is CCC(CC)NC(=O)COC(=O)c1ccccc1Cc1ccccc1. The van der Waals surface area contributed by atoms with Gasteiger partial charge in [0.25, 0.3) is 5.91 Å². The van der Waals surface area contributed by atoms with Crippen molar-refractivity contribution in [3.05, 3.63) is 71.3 Å². The van der Waals surface area contributed by atoms with Crippen LogP contribution in [0.4, 0.5) is 0 Å². The molecule has 0 saturated carbocycles. The summed E-state index contributed by atoms with van der Waals surface area (Å²) >= 11 is 0. The van der Waals surface area contributed by atoms with Gasteiger partial charge in [-0.3, -0.25) is 4.79 Å². The molecule has 1 amide bonds. The smallest absolute Gasteiger partial charge is 0.338 e. The lowest BCUT2D eigenvalue weighted by Gasteiger charge is -2.15. The molecule has 0 aliphatic carbocycles. The van der Waals surface area contributed by atoms with Crippen molar-refractivity contribution in [2.24, 2.45) is 0 Å². The van der Waals surface area contributed by atoms with Crippen molar-refractivity contribution in [3.8, 4) is 0 Å². The molecule has 132 valence electrons. The van der Waals surface area contributed by atoms with Crippen LogP contribution in [0.15, 0.2) is 54.6 Å². The topological polar surface area (TPSA) is 55.4 Å². The summed E-state index contributed by atoms with van der Waals surface area (Å²) in [7, 11) is 0. The van der Waals surface area contributed by atoms with Gasteiger partial charge in [-0.05, 0) is 36.5 Å². The van der Waals surface area contributed by atoms with E-state index in [2.05, 4.69) is 5.32 Å². The van der Waals surface area contributed by atoms with E-state index in [0.29, 0.717) is 12.0 Å². The second-order valence-corrected chi connectivity index (χ2v) is 5.98. The predicted molar refractivity (Wildman–Crippen MR) is 98.5 cm³/mol. The molecule has 0 bridgehead atoms. The van der Waals surface area contributed by atoms with Crippen molar-refractivity contribution in [2.45, 2.75) is 39.2 Å². The highest BCUT2D eigenvalue weighted by molar-refractivity contribution is 5.92. The normalized spacial score (nSPS) is 10.5. The molecule has 0 radical (unpaired) electrons. The fraction of sp³-hybridized carbons (Fsp3) is 0.333. The van der Waals surface area contributed by atoms with E-state index in [1.165, 1.54) is 0 Å². The number of rotatable bonds is 8. The van der Waals surface area contributed by atoms with Gasteiger partial charge in [0.15, 0.2) is 6.61 Å². The molecule has 0 spiro atoms. The van der Waals surface area contributed by atoms with E-state index in [4.69, 9.17) is 4.74 Å². The van der Waals surface area contributed by atoms with E-state index < -0.39 is 5.97 Å². The van der Waals surface area contributed by atoms with Crippen molar-refractivity contribution >= 4 is 11.9 Å². The molecule has 0 unspecified atom stereocenters. The van der Waals surface area contributed by atoms with Crippen LogP contribution in [0.1, 0.15) is 48.2 Å². The fourth-order valence-electron chi connectivity index (χ4n) is 2.66. The van der Waals surface area contributed by atoms with Gasteiger partial charge >= 0.3 is 5.97 Å². The summed E-state index contributed by atoms with van der Waals surface area (Å²) < 4.78 is 5.21. The average molecular weight is 339 g/mol. The van der Waals surface area contributed by atoms with Gasteiger partial charge in [-0.25, -0.2) is 4.79 Å². The Morgan fingerprint density at radius 2 is 1.60 bits per heavy atom. The highest BCUT2D eigenvalue weighted by Gasteiger charge is 2.15. The number of hydrogen-bond donors (Lipinski definition) is 1. The largest absolute Gasteiger partial charge is 0.452 e. The minimum atomic E-state index is -0.466. The van der Waals surface area contributed by atoms with E-state index in [0.717, 1.165) is 24.0 Å². The summed E-state index contributed by atoms with van der Waals surface area (Å²) in [6.45, 7) is 3.77. The molecule has 2 aromatic rings. The van der Waals surface area contributed by atoms with Gasteiger partial charge in [-0.1, -0.05) is 62.4 Å². The first-order valence-electron chi connectivity index (χ1n) is 8.72. The molecule has 0 aliphatic rings. The Balaban J connectivity index is 1.99. The third kappa shape index (κ3) is 5.75. The third-order valence-electron chi connectivity index (χ3n) is 4.16. The second-order valence-electron chi connectivity index (χ2n) is 5.98. The lowest BCUT2D eigenvalue weighted by molar-refractivity contribution is -0.125. The predicted octanol–water partition coefficient (Wildman–Crippen LogP) is 3.74. The first-order chi connectivity index (χ1) is 12.1. The Kier molecular flexibility index (Phi) is 7.20.